The van der Waals surface area contributed by atoms with Crippen LogP contribution in [-0.2, 0) is 35.9 Å². The molecular weight excluding hydrogens is 625 g/mol. The maximum Gasteiger partial charge on any atom is 0.320 e. The van der Waals surface area contributed by atoms with E-state index in [1.807, 2.05) is 101 Å². The third-order valence-electron chi connectivity index (χ3n) is 11.4. The fourth-order valence-corrected chi connectivity index (χ4v) is 11.5. The molecule has 1 aliphatic carbocycles. The van der Waals surface area contributed by atoms with Crippen molar-refractivity contribution in [1.82, 2.24) is 8.97 Å². The van der Waals surface area contributed by atoms with Gasteiger partial charge in [-0.2, -0.15) is 16.8 Å². The summed E-state index contributed by atoms with van der Waals surface area (Å²) in [6.45, 7) is 9.27. The van der Waals surface area contributed by atoms with Gasteiger partial charge in [0.2, 0.25) is 10.7 Å². The molecule has 2 spiro atoms. The van der Waals surface area contributed by atoms with Crippen LogP contribution in [0.15, 0.2) is 95.4 Å². The number of carbonyl (C=O) groups is 1. The number of para-hydroxylation sites is 2. The Kier molecular flexibility index (Phi) is 6.77. The predicted molar refractivity (Wildman–Crippen MR) is 179 cm³/mol. The zero-order valence-corrected chi connectivity index (χ0v) is 28.1. The van der Waals surface area contributed by atoms with Crippen LogP contribution in [0.3, 0.4) is 0 Å². The third kappa shape index (κ3) is 4.09. The Bertz CT molecular complexity index is 1910. The average molecular weight is 665 g/mol. The number of benzene rings is 2. The molecule has 2 aromatic carbocycles. The van der Waals surface area contributed by atoms with E-state index in [-0.39, 0.29) is 14.7 Å². The zero-order chi connectivity index (χ0) is 33.1. The van der Waals surface area contributed by atoms with Gasteiger partial charge >= 0.3 is 20.2 Å². The van der Waals surface area contributed by atoms with E-state index in [9.17, 15) is 30.7 Å². The summed E-state index contributed by atoms with van der Waals surface area (Å²) in [6, 6.07) is 15.5. The largest absolute Gasteiger partial charge is 0.320 e. The van der Waals surface area contributed by atoms with Crippen molar-refractivity contribution in [2.45, 2.75) is 75.0 Å². The summed E-state index contributed by atoms with van der Waals surface area (Å²) in [6.07, 6.45) is 9.12. The Balaban J connectivity index is 1.27. The predicted octanol–water partition coefficient (Wildman–Crippen LogP) is 5.80. The number of hydrogen-bond donors (Lipinski definition) is 2. The van der Waals surface area contributed by atoms with Crippen LogP contribution < -0.4 is 8.97 Å². The summed E-state index contributed by atoms with van der Waals surface area (Å²) >= 11 is 0. The molecule has 0 aromatic heterocycles. The fraction of sp³-hybridized carbons (Fsp3) is 0.400. The number of Topliss-reactive ketones (excluding diaryl/α,β-unsaturated/α-hetero) is 1. The first kappa shape index (κ1) is 31.4. The number of nitrogens with zero attached hydrogens (tertiary/aromatic N) is 2. The van der Waals surface area contributed by atoms with Gasteiger partial charge in [-0.15, -0.1) is 0 Å². The van der Waals surface area contributed by atoms with Gasteiger partial charge in [-0.25, -0.2) is 8.97 Å². The molecule has 242 valence electrons. The molecular formula is C35H40N2O7S2+2. The van der Waals surface area contributed by atoms with E-state index in [1.165, 1.54) is 0 Å². The number of ketones is 1. The average Bonchev–Trinajstić information content (AvgIpc) is 3.46. The van der Waals surface area contributed by atoms with E-state index < -0.39 is 41.8 Å². The Morgan fingerprint density at radius 3 is 1.35 bits per heavy atom. The highest BCUT2D eigenvalue weighted by Crippen LogP contribution is 2.59. The van der Waals surface area contributed by atoms with Crippen molar-refractivity contribution < 1.29 is 30.7 Å². The van der Waals surface area contributed by atoms with Gasteiger partial charge in [0.25, 0.3) is 0 Å². The van der Waals surface area contributed by atoms with Crippen molar-refractivity contribution in [3.8, 4) is 0 Å². The van der Waals surface area contributed by atoms with Gasteiger partial charge in [-0.1, -0.05) is 36.4 Å². The summed E-state index contributed by atoms with van der Waals surface area (Å²) in [5.41, 5.74) is 5.57. The monoisotopic (exact) mass is 664 g/mol. The van der Waals surface area contributed by atoms with Crippen molar-refractivity contribution in [1.29, 1.82) is 0 Å². The normalized spacial score (nSPS) is 34.4. The molecule has 3 fully saturated rings. The Labute approximate surface area is 270 Å². The molecule has 5 aliphatic rings. The fourth-order valence-electron chi connectivity index (χ4n) is 9.14. The Morgan fingerprint density at radius 1 is 0.652 bits per heavy atom. The molecule has 1 saturated carbocycles. The van der Waals surface area contributed by atoms with Gasteiger partial charge < -0.3 is 0 Å². The Hall–Kier alpha value is -3.19. The molecule has 4 heterocycles. The van der Waals surface area contributed by atoms with E-state index in [2.05, 4.69) is 0 Å². The molecule has 0 radical (unpaired) electrons. The maximum atomic E-state index is 13.7. The summed E-state index contributed by atoms with van der Waals surface area (Å²) in [5.74, 6) is -0.0988. The van der Waals surface area contributed by atoms with Crippen molar-refractivity contribution >= 4 is 37.4 Å². The van der Waals surface area contributed by atoms with Crippen molar-refractivity contribution in [2.75, 3.05) is 13.1 Å². The summed E-state index contributed by atoms with van der Waals surface area (Å²) < 4.78 is 70.6. The molecule has 7 rings (SSSR count). The molecule has 4 unspecified atom stereocenters. The maximum absolute atomic E-state index is 13.7. The van der Waals surface area contributed by atoms with Crippen LogP contribution in [0.1, 0.15) is 64.5 Å². The minimum atomic E-state index is -4.33. The Morgan fingerprint density at radius 2 is 1.02 bits per heavy atom. The van der Waals surface area contributed by atoms with Gasteiger partial charge in [-0.3, -0.25) is 13.9 Å². The molecule has 2 saturated heterocycles. The second-order valence-electron chi connectivity index (χ2n) is 14.3. The van der Waals surface area contributed by atoms with Gasteiger partial charge in [0.15, 0.2) is 5.78 Å². The number of allylic oxidation sites excluding steroid dienone is 8. The summed E-state index contributed by atoms with van der Waals surface area (Å²) in [4.78, 5) is 13.7. The van der Waals surface area contributed by atoms with Crippen LogP contribution in [0.2, 0.25) is 0 Å². The lowest BCUT2D eigenvalue weighted by Crippen LogP contribution is -2.68. The van der Waals surface area contributed by atoms with Crippen LogP contribution in [0.4, 0.5) is 11.4 Å². The molecule has 0 amide bonds. The summed E-state index contributed by atoms with van der Waals surface area (Å²) in [7, 11) is -8.66. The summed E-state index contributed by atoms with van der Waals surface area (Å²) in [5, 5.41) is -1.99. The molecule has 0 bridgehead atoms. The van der Waals surface area contributed by atoms with E-state index in [0.29, 0.717) is 49.9 Å². The SMILES string of the molecule is CC1(C)C(=CC=C2CCC(=CC=C3C(C)(C)c4ccccc4[N+]34CCC4S(=O)(=O)O)C2=O)[N+]2(CCC2S(=O)(=O)O)c2ccccc21. The first-order valence-corrected chi connectivity index (χ1v) is 18.8. The first-order valence-electron chi connectivity index (χ1n) is 15.8. The van der Waals surface area contributed by atoms with E-state index in [4.69, 9.17) is 0 Å². The standard InChI is InChI=1S/C35H38N2O7S2/c1-34(2)25-9-5-7-11-27(25)36(21-19-31(36)45(39,40)41)29(34)17-15-23-13-14-24(33(23)38)16-18-30-35(3,4)26-10-6-8-12-28(26)37(30)22-20-32(37)46(42,43)44/h5-12,15-18,31-32H,13-14,19-22H2,1-4H3/p+2. The molecule has 2 N–H and O–H groups in total. The van der Waals surface area contributed by atoms with Crippen molar-refractivity contribution in [3.05, 3.63) is 107 Å². The topological polar surface area (TPSA) is 126 Å². The molecule has 46 heavy (non-hydrogen) atoms. The van der Waals surface area contributed by atoms with Crippen molar-refractivity contribution in [2.24, 2.45) is 0 Å². The number of hydrogen-bond acceptors (Lipinski definition) is 5. The number of carbonyl (C=O) groups excluding carboxylic acids is 1. The molecule has 11 heteroatoms. The third-order valence-corrected chi connectivity index (χ3v) is 14.0. The van der Waals surface area contributed by atoms with Crippen LogP contribution in [0.25, 0.3) is 0 Å². The second kappa shape index (κ2) is 9.91. The van der Waals surface area contributed by atoms with E-state index in [0.717, 1.165) is 33.9 Å². The molecule has 4 aliphatic heterocycles. The zero-order valence-electron chi connectivity index (χ0n) is 26.5. The lowest BCUT2D eigenvalue weighted by molar-refractivity contribution is -0.111. The quantitative estimate of drug-likeness (QED) is 0.240. The van der Waals surface area contributed by atoms with Gasteiger partial charge in [-0.05, 0) is 77.0 Å². The lowest BCUT2D eigenvalue weighted by atomic mass is 9.83. The van der Waals surface area contributed by atoms with Gasteiger partial charge in [0, 0.05) is 22.3 Å². The smallest absolute Gasteiger partial charge is 0.289 e. The highest BCUT2D eigenvalue weighted by Gasteiger charge is 2.67. The van der Waals surface area contributed by atoms with Crippen molar-refractivity contribution in [3.63, 3.8) is 0 Å². The van der Waals surface area contributed by atoms with Crippen LogP contribution in [-0.4, -0.2) is 55.6 Å². The van der Waals surface area contributed by atoms with Gasteiger partial charge in [0.1, 0.15) is 22.8 Å². The lowest BCUT2D eigenvalue weighted by Gasteiger charge is -2.49. The minimum Gasteiger partial charge on any atom is -0.289 e. The first-order chi connectivity index (χ1) is 21.5. The highest BCUT2D eigenvalue weighted by atomic mass is 32.2. The number of quaternary nitrogens is 2. The highest BCUT2D eigenvalue weighted by molar-refractivity contribution is 7.86. The van der Waals surface area contributed by atoms with E-state index in [1.54, 1.807) is 0 Å². The second-order valence-corrected chi connectivity index (χ2v) is 17.5. The number of fused-ring (bicyclic) bond motifs is 4. The van der Waals surface area contributed by atoms with Crippen LogP contribution in [0, 0.1) is 0 Å². The molecule has 4 atom stereocenters. The molecule has 2 aromatic rings. The minimum absolute atomic E-state index is 0.0410. The molecule has 9 nitrogen and oxygen atoms in total. The number of rotatable bonds is 4. The van der Waals surface area contributed by atoms with E-state index >= 15 is 0 Å². The van der Waals surface area contributed by atoms with Crippen LogP contribution >= 0.6 is 0 Å². The van der Waals surface area contributed by atoms with Crippen LogP contribution in [0.5, 0.6) is 0 Å². The van der Waals surface area contributed by atoms with Gasteiger partial charge in [0.05, 0.1) is 36.8 Å².